The van der Waals surface area contributed by atoms with Crippen molar-refractivity contribution in [3.05, 3.63) is 29.5 Å². The van der Waals surface area contributed by atoms with Crippen molar-refractivity contribution in [2.75, 3.05) is 13.7 Å². The van der Waals surface area contributed by atoms with E-state index in [1.54, 1.807) is 17.9 Å². The summed E-state index contributed by atoms with van der Waals surface area (Å²) in [6.45, 7) is 11.2. The van der Waals surface area contributed by atoms with E-state index in [1.165, 1.54) is 0 Å². The minimum Gasteiger partial charge on any atom is -0.496 e. The first kappa shape index (κ1) is 17.3. The van der Waals surface area contributed by atoms with Gasteiger partial charge in [0.15, 0.2) is 0 Å². The fourth-order valence-corrected chi connectivity index (χ4v) is 2.64. The van der Waals surface area contributed by atoms with Crippen LogP contribution in [0.25, 0.3) is 10.9 Å². The van der Waals surface area contributed by atoms with Crippen molar-refractivity contribution in [2.24, 2.45) is 0 Å². The van der Waals surface area contributed by atoms with Crippen LogP contribution in [-0.4, -0.2) is 29.9 Å². The molecule has 2 rings (SSSR count). The number of benzene rings is 1. The standard InChI is InChI=1S/C18H26N2O3/c1-7-19-11-14-13-8-9-20(17(21)23-18(3,4)5)16(13)12(2)10-15(14)22-6/h8-10,19H,7,11H2,1-6H3. The van der Waals surface area contributed by atoms with Gasteiger partial charge in [0, 0.05) is 23.7 Å². The van der Waals surface area contributed by atoms with E-state index >= 15 is 0 Å². The third-order valence-corrected chi connectivity index (χ3v) is 3.59. The fraction of sp³-hybridized carbons (Fsp3) is 0.500. The lowest BCUT2D eigenvalue weighted by molar-refractivity contribution is 0.0544. The van der Waals surface area contributed by atoms with E-state index in [1.807, 2.05) is 39.8 Å². The molecule has 0 aliphatic carbocycles. The number of hydrogen-bond donors (Lipinski definition) is 1. The van der Waals surface area contributed by atoms with Crippen molar-refractivity contribution in [1.82, 2.24) is 9.88 Å². The van der Waals surface area contributed by atoms with Crippen LogP contribution >= 0.6 is 0 Å². The van der Waals surface area contributed by atoms with Crippen LogP contribution in [-0.2, 0) is 11.3 Å². The number of aryl methyl sites for hydroxylation is 1. The van der Waals surface area contributed by atoms with Gasteiger partial charge in [0.05, 0.1) is 12.6 Å². The van der Waals surface area contributed by atoms with Crippen molar-refractivity contribution in [3.8, 4) is 5.75 Å². The highest BCUT2D eigenvalue weighted by Crippen LogP contribution is 2.32. The van der Waals surface area contributed by atoms with Gasteiger partial charge in [-0.1, -0.05) is 6.92 Å². The van der Waals surface area contributed by atoms with Gasteiger partial charge in [-0.2, -0.15) is 0 Å². The Morgan fingerprint density at radius 3 is 2.61 bits per heavy atom. The zero-order valence-corrected chi connectivity index (χ0v) is 14.8. The Morgan fingerprint density at radius 1 is 1.35 bits per heavy atom. The number of nitrogens with one attached hydrogen (secondary N) is 1. The van der Waals surface area contributed by atoms with Gasteiger partial charge in [-0.3, -0.25) is 4.57 Å². The van der Waals surface area contributed by atoms with Crippen LogP contribution in [0, 0.1) is 6.92 Å². The zero-order chi connectivity index (χ0) is 17.2. The second-order valence-electron chi connectivity index (χ2n) is 6.58. The van der Waals surface area contributed by atoms with Crippen molar-refractivity contribution >= 4 is 17.0 Å². The van der Waals surface area contributed by atoms with Crippen LogP contribution in [0.5, 0.6) is 5.75 Å². The van der Waals surface area contributed by atoms with E-state index in [2.05, 4.69) is 12.2 Å². The van der Waals surface area contributed by atoms with Crippen LogP contribution in [0.4, 0.5) is 4.79 Å². The molecule has 0 amide bonds. The highest BCUT2D eigenvalue weighted by molar-refractivity contribution is 5.95. The topological polar surface area (TPSA) is 52.5 Å². The summed E-state index contributed by atoms with van der Waals surface area (Å²) in [5.74, 6) is 0.831. The zero-order valence-electron chi connectivity index (χ0n) is 14.8. The molecule has 0 fully saturated rings. The predicted molar refractivity (Wildman–Crippen MR) is 92.2 cm³/mol. The first-order chi connectivity index (χ1) is 10.8. The van der Waals surface area contributed by atoms with Gasteiger partial charge in [-0.05, 0) is 51.9 Å². The molecule has 2 aromatic rings. The Hall–Kier alpha value is -2.01. The average Bonchev–Trinajstić information content (AvgIpc) is 2.89. The molecule has 126 valence electrons. The lowest BCUT2D eigenvalue weighted by atomic mass is 10.0. The molecule has 1 heterocycles. The largest absolute Gasteiger partial charge is 0.496 e. The molecule has 1 aromatic heterocycles. The minimum absolute atomic E-state index is 0.366. The maximum Gasteiger partial charge on any atom is 0.419 e. The predicted octanol–water partition coefficient (Wildman–Crippen LogP) is 3.85. The van der Waals surface area contributed by atoms with Gasteiger partial charge in [0.2, 0.25) is 0 Å². The quantitative estimate of drug-likeness (QED) is 0.930. The molecule has 1 N–H and O–H groups in total. The molecule has 0 radical (unpaired) electrons. The summed E-state index contributed by atoms with van der Waals surface area (Å²) in [5.41, 5.74) is 2.37. The Balaban J connectivity index is 2.56. The summed E-state index contributed by atoms with van der Waals surface area (Å²) in [4.78, 5) is 12.5. The average molecular weight is 318 g/mol. The Bertz CT molecular complexity index is 711. The molecule has 5 nitrogen and oxygen atoms in total. The van der Waals surface area contributed by atoms with Gasteiger partial charge in [-0.15, -0.1) is 0 Å². The molecule has 0 spiro atoms. The Kier molecular flexibility index (Phi) is 5.00. The highest BCUT2D eigenvalue weighted by Gasteiger charge is 2.21. The lowest BCUT2D eigenvalue weighted by Gasteiger charge is -2.20. The molecular weight excluding hydrogens is 292 g/mol. The van der Waals surface area contributed by atoms with E-state index in [9.17, 15) is 4.79 Å². The number of rotatable bonds is 4. The van der Waals surface area contributed by atoms with E-state index in [0.717, 1.165) is 34.3 Å². The van der Waals surface area contributed by atoms with Crippen molar-refractivity contribution < 1.29 is 14.3 Å². The summed E-state index contributed by atoms with van der Waals surface area (Å²) in [6, 6.07) is 3.91. The normalized spacial score (nSPS) is 11.7. The highest BCUT2D eigenvalue weighted by atomic mass is 16.6. The second kappa shape index (κ2) is 6.62. The van der Waals surface area contributed by atoms with Gasteiger partial charge in [-0.25, -0.2) is 4.79 Å². The lowest BCUT2D eigenvalue weighted by Crippen LogP contribution is -2.26. The minimum atomic E-state index is -0.527. The molecule has 0 atom stereocenters. The van der Waals surface area contributed by atoms with Gasteiger partial charge in [0.1, 0.15) is 11.4 Å². The second-order valence-corrected chi connectivity index (χ2v) is 6.58. The molecule has 1 aromatic carbocycles. The maximum absolute atomic E-state index is 12.5. The van der Waals surface area contributed by atoms with Gasteiger partial charge < -0.3 is 14.8 Å². The van der Waals surface area contributed by atoms with Crippen LogP contribution in [0.2, 0.25) is 0 Å². The maximum atomic E-state index is 12.5. The third-order valence-electron chi connectivity index (χ3n) is 3.59. The van der Waals surface area contributed by atoms with Crippen molar-refractivity contribution in [2.45, 2.75) is 46.8 Å². The summed E-state index contributed by atoms with van der Waals surface area (Å²) < 4.78 is 12.6. The number of aromatic nitrogens is 1. The van der Waals surface area contributed by atoms with E-state index in [-0.39, 0.29) is 6.09 Å². The Morgan fingerprint density at radius 2 is 2.04 bits per heavy atom. The number of ether oxygens (including phenoxy) is 2. The number of nitrogens with zero attached hydrogens (tertiary/aromatic N) is 1. The molecule has 5 heteroatoms. The van der Waals surface area contributed by atoms with Crippen LogP contribution < -0.4 is 10.1 Å². The molecule has 0 aliphatic heterocycles. The molecule has 0 saturated heterocycles. The summed E-state index contributed by atoms with van der Waals surface area (Å²) >= 11 is 0. The molecular formula is C18H26N2O3. The Labute approximate surface area is 137 Å². The third kappa shape index (κ3) is 3.67. The molecule has 0 saturated carbocycles. The molecule has 0 unspecified atom stereocenters. The van der Waals surface area contributed by atoms with Gasteiger partial charge >= 0.3 is 6.09 Å². The summed E-state index contributed by atoms with van der Waals surface area (Å²) in [5, 5.41) is 4.33. The number of fused-ring (bicyclic) bond motifs is 1. The first-order valence-corrected chi connectivity index (χ1v) is 7.90. The first-order valence-electron chi connectivity index (χ1n) is 7.90. The number of methoxy groups -OCH3 is 1. The van der Waals surface area contributed by atoms with E-state index < -0.39 is 5.60 Å². The molecule has 23 heavy (non-hydrogen) atoms. The van der Waals surface area contributed by atoms with E-state index in [0.29, 0.717) is 6.54 Å². The fourth-order valence-electron chi connectivity index (χ4n) is 2.64. The van der Waals surface area contributed by atoms with Crippen molar-refractivity contribution in [1.29, 1.82) is 0 Å². The monoisotopic (exact) mass is 318 g/mol. The van der Waals surface area contributed by atoms with Crippen LogP contribution in [0.15, 0.2) is 18.3 Å². The number of hydrogen-bond acceptors (Lipinski definition) is 4. The number of carbonyl (C=O) groups is 1. The van der Waals surface area contributed by atoms with Gasteiger partial charge in [0.25, 0.3) is 0 Å². The smallest absolute Gasteiger partial charge is 0.419 e. The van der Waals surface area contributed by atoms with Crippen molar-refractivity contribution in [3.63, 3.8) is 0 Å². The molecule has 0 aliphatic rings. The van der Waals surface area contributed by atoms with Crippen LogP contribution in [0.3, 0.4) is 0 Å². The number of carbonyl (C=O) groups excluding carboxylic acids is 1. The molecule has 0 bridgehead atoms. The summed E-state index contributed by atoms with van der Waals surface area (Å²) in [6.07, 6.45) is 1.40. The van der Waals surface area contributed by atoms with E-state index in [4.69, 9.17) is 9.47 Å². The SMILES string of the molecule is CCNCc1c(OC)cc(C)c2c1ccn2C(=O)OC(C)(C)C. The summed E-state index contributed by atoms with van der Waals surface area (Å²) in [7, 11) is 1.67. The van der Waals surface area contributed by atoms with Crippen LogP contribution in [0.1, 0.15) is 38.8 Å².